The van der Waals surface area contributed by atoms with Crippen LogP contribution in [0.5, 0.6) is 0 Å². The molecule has 3 atom stereocenters. The number of allylic oxidation sites excluding steroid dienone is 2. The molecule has 4 nitrogen and oxygen atoms in total. The Morgan fingerprint density at radius 3 is 2.08 bits per heavy atom. The van der Waals surface area contributed by atoms with E-state index in [1.54, 1.807) is 24.3 Å². The van der Waals surface area contributed by atoms with Gasteiger partial charge in [0.1, 0.15) is 11.7 Å². The van der Waals surface area contributed by atoms with Crippen molar-refractivity contribution in [3.8, 4) is 0 Å². The smallest absolute Gasteiger partial charge is 0.317 e. The zero-order valence-electron chi connectivity index (χ0n) is 24.7. The lowest BCUT2D eigenvalue weighted by Gasteiger charge is -2.38. The van der Waals surface area contributed by atoms with Crippen LogP contribution in [0.1, 0.15) is 128 Å². The first-order valence-corrected chi connectivity index (χ1v) is 15.1. The Kier molecular flexibility index (Phi) is 14.0. The number of unbranched alkanes of at least 4 members (excludes halogenated alkanes) is 9. The minimum atomic E-state index is -0.972. The molecule has 212 valence electrons. The molecular formula is C34H52O4. The number of Topliss-reactive ketones (excluding diaryl/α,β-unsaturated/α-hetero) is 2. The maximum atomic E-state index is 13.5. The Bertz CT molecular complexity index is 898. The van der Waals surface area contributed by atoms with Crippen molar-refractivity contribution in [1.82, 2.24) is 0 Å². The molecule has 2 rings (SSSR count). The molecule has 0 fully saturated rings. The van der Waals surface area contributed by atoms with E-state index in [2.05, 4.69) is 26.8 Å². The van der Waals surface area contributed by atoms with Crippen molar-refractivity contribution in [1.29, 1.82) is 0 Å². The number of hydrogen-bond donors (Lipinski definition) is 0. The summed E-state index contributed by atoms with van der Waals surface area (Å²) in [4.78, 5) is 40.2. The molecule has 38 heavy (non-hydrogen) atoms. The lowest BCUT2D eigenvalue weighted by atomic mass is 9.65. The Hall–Kier alpha value is -2.23. The Morgan fingerprint density at radius 1 is 0.921 bits per heavy atom. The van der Waals surface area contributed by atoms with Crippen LogP contribution < -0.4 is 0 Å². The van der Waals surface area contributed by atoms with Gasteiger partial charge >= 0.3 is 5.97 Å². The first-order chi connectivity index (χ1) is 18.2. The molecule has 0 N–H and O–H groups in total. The van der Waals surface area contributed by atoms with Gasteiger partial charge in [-0.05, 0) is 37.5 Å². The van der Waals surface area contributed by atoms with Crippen molar-refractivity contribution >= 4 is 17.5 Å². The van der Waals surface area contributed by atoms with E-state index in [-0.39, 0.29) is 29.3 Å². The summed E-state index contributed by atoms with van der Waals surface area (Å²) in [7, 11) is 0. The van der Waals surface area contributed by atoms with E-state index in [9.17, 15) is 14.4 Å². The number of carbonyl (C=O) groups excluding carboxylic acids is 3. The maximum Gasteiger partial charge on any atom is 0.317 e. The van der Waals surface area contributed by atoms with E-state index < -0.39 is 17.8 Å². The fourth-order valence-electron chi connectivity index (χ4n) is 6.02. The van der Waals surface area contributed by atoms with Crippen LogP contribution in [0.2, 0.25) is 0 Å². The van der Waals surface area contributed by atoms with Crippen molar-refractivity contribution in [3.05, 3.63) is 47.5 Å². The Balaban J connectivity index is 1.93. The van der Waals surface area contributed by atoms with Gasteiger partial charge in [0.15, 0.2) is 5.78 Å². The van der Waals surface area contributed by atoms with E-state index in [0.29, 0.717) is 12.2 Å². The van der Waals surface area contributed by atoms with E-state index in [1.807, 2.05) is 19.9 Å². The van der Waals surface area contributed by atoms with Crippen LogP contribution in [-0.4, -0.2) is 24.1 Å². The number of ketones is 2. The van der Waals surface area contributed by atoms with E-state index in [4.69, 9.17) is 4.74 Å². The molecule has 4 heteroatoms. The molecule has 0 spiro atoms. The largest absolute Gasteiger partial charge is 0.465 e. The summed E-state index contributed by atoms with van der Waals surface area (Å²) in [6.45, 7) is 10.7. The third-order valence-corrected chi connectivity index (χ3v) is 8.24. The van der Waals surface area contributed by atoms with Crippen LogP contribution in [0.15, 0.2) is 42.0 Å². The molecule has 0 aliphatic heterocycles. The second-order valence-corrected chi connectivity index (χ2v) is 12.1. The summed E-state index contributed by atoms with van der Waals surface area (Å²) in [5, 5.41) is 0. The molecule has 1 aliphatic rings. The van der Waals surface area contributed by atoms with Crippen molar-refractivity contribution < 1.29 is 19.1 Å². The third-order valence-electron chi connectivity index (χ3n) is 8.24. The third kappa shape index (κ3) is 10.2. The zero-order valence-corrected chi connectivity index (χ0v) is 24.7. The van der Waals surface area contributed by atoms with Crippen LogP contribution in [0.3, 0.4) is 0 Å². The molecule has 3 unspecified atom stereocenters. The normalized spacial score (nSPS) is 18.3. The van der Waals surface area contributed by atoms with Gasteiger partial charge in [0.25, 0.3) is 0 Å². The highest BCUT2D eigenvalue weighted by atomic mass is 16.5. The molecule has 0 radical (unpaired) electrons. The van der Waals surface area contributed by atoms with Crippen LogP contribution in [0.25, 0.3) is 0 Å². The summed E-state index contributed by atoms with van der Waals surface area (Å²) in [5.41, 5.74) is 1.47. The highest BCUT2D eigenvalue weighted by Gasteiger charge is 2.41. The van der Waals surface area contributed by atoms with Gasteiger partial charge in [0.05, 0.1) is 6.61 Å². The number of rotatable bonds is 18. The van der Waals surface area contributed by atoms with Crippen LogP contribution in [-0.2, 0) is 14.3 Å². The number of ether oxygens (including phenoxy) is 1. The molecule has 1 aromatic carbocycles. The lowest BCUT2D eigenvalue weighted by Crippen LogP contribution is -2.38. The summed E-state index contributed by atoms with van der Waals surface area (Å²) >= 11 is 0. The van der Waals surface area contributed by atoms with Gasteiger partial charge in [-0.15, -0.1) is 0 Å². The van der Waals surface area contributed by atoms with Crippen molar-refractivity contribution in [2.75, 3.05) is 6.61 Å². The summed E-state index contributed by atoms with van der Waals surface area (Å²) in [6, 6.07) is 8.91. The van der Waals surface area contributed by atoms with Gasteiger partial charge in [-0.1, -0.05) is 127 Å². The monoisotopic (exact) mass is 524 g/mol. The molecule has 0 bridgehead atoms. The Labute approximate surface area is 232 Å². The standard InChI is InChI=1S/C34H52O4/c1-6-7-8-9-10-11-12-13-14-18-24-38-33(37)30(32(36)28-21-16-15-17-22-28)27(3)25-29(35)31-26(2)20-19-23-34(31,4)5/h15-17,20-22,27,30-31H,6-14,18-19,23-25H2,1-5H3. The summed E-state index contributed by atoms with van der Waals surface area (Å²) in [6.07, 6.45) is 16.4. The van der Waals surface area contributed by atoms with E-state index in [0.717, 1.165) is 37.7 Å². The highest BCUT2D eigenvalue weighted by Crippen LogP contribution is 2.42. The first kappa shape index (κ1) is 32.0. The van der Waals surface area contributed by atoms with Crippen molar-refractivity contribution in [2.24, 2.45) is 23.2 Å². The number of carbonyl (C=O) groups is 3. The second-order valence-electron chi connectivity index (χ2n) is 12.1. The van der Waals surface area contributed by atoms with E-state index >= 15 is 0 Å². The highest BCUT2D eigenvalue weighted by molar-refractivity contribution is 6.09. The SMILES string of the molecule is CCCCCCCCCCCCOC(=O)C(C(=O)c1ccccc1)C(C)CC(=O)C1C(C)=CCCC1(C)C. The van der Waals surface area contributed by atoms with Crippen LogP contribution in [0, 0.1) is 23.2 Å². The molecule has 0 aromatic heterocycles. The molecule has 1 aromatic rings. The van der Waals surface area contributed by atoms with Crippen LogP contribution >= 0.6 is 0 Å². The average molecular weight is 525 g/mol. The fourth-order valence-corrected chi connectivity index (χ4v) is 6.02. The second kappa shape index (κ2) is 16.7. The van der Waals surface area contributed by atoms with Gasteiger partial charge in [0, 0.05) is 17.9 Å². The predicted molar refractivity (Wildman–Crippen MR) is 156 cm³/mol. The van der Waals surface area contributed by atoms with Crippen molar-refractivity contribution in [2.45, 2.75) is 118 Å². The number of benzene rings is 1. The summed E-state index contributed by atoms with van der Waals surface area (Å²) < 4.78 is 5.65. The van der Waals surface area contributed by atoms with Crippen molar-refractivity contribution in [3.63, 3.8) is 0 Å². The molecule has 0 saturated carbocycles. The van der Waals surface area contributed by atoms with Gasteiger partial charge in [-0.25, -0.2) is 0 Å². The number of hydrogen-bond acceptors (Lipinski definition) is 4. The average Bonchev–Trinajstić information content (AvgIpc) is 2.87. The maximum absolute atomic E-state index is 13.5. The quantitative estimate of drug-likeness (QED) is 0.0632. The topological polar surface area (TPSA) is 60.4 Å². The lowest BCUT2D eigenvalue weighted by molar-refractivity contribution is -0.148. The first-order valence-electron chi connectivity index (χ1n) is 15.1. The van der Waals surface area contributed by atoms with E-state index in [1.165, 1.54) is 44.9 Å². The van der Waals surface area contributed by atoms with Gasteiger partial charge in [-0.3, -0.25) is 14.4 Å². The molecule has 0 heterocycles. The Morgan fingerprint density at radius 2 is 1.50 bits per heavy atom. The summed E-state index contributed by atoms with van der Waals surface area (Å²) in [5.74, 6) is -2.21. The van der Waals surface area contributed by atoms with Gasteiger partial charge in [-0.2, -0.15) is 0 Å². The minimum Gasteiger partial charge on any atom is -0.465 e. The fraction of sp³-hybridized carbons (Fsp3) is 0.676. The molecule has 0 amide bonds. The van der Waals surface area contributed by atoms with Crippen LogP contribution in [0.4, 0.5) is 0 Å². The van der Waals surface area contributed by atoms with Gasteiger partial charge < -0.3 is 4.74 Å². The zero-order chi connectivity index (χ0) is 28.0. The molecular weight excluding hydrogens is 472 g/mol. The van der Waals surface area contributed by atoms with Gasteiger partial charge in [0.2, 0.25) is 0 Å². The molecule has 0 saturated heterocycles. The number of esters is 1. The predicted octanol–water partition coefficient (Wildman–Crippen LogP) is 8.93. The minimum absolute atomic E-state index is 0.115. The molecule has 1 aliphatic carbocycles.